The molecule has 2 atom stereocenters. The van der Waals surface area contributed by atoms with Crippen LogP contribution in [0.25, 0.3) is 0 Å². The van der Waals surface area contributed by atoms with Gasteiger partial charge in [-0.15, -0.1) is 24.8 Å². The molecular weight excluding hydrogens is 325 g/mol. The molecule has 2 rings (SSSR count). The van der Waals surface area contributed by atoms with E-state index in [9.17, 15) is 4.79 Å². The zero-order chi connectivity index (χ0) is 14.5. The first-order valence-electron chi connectivity index (χ1n) is 6.48. The molecule has 0 aliphatic rings. The molecule has 2 aromatic heterocycles. The number of pyridine rings is 1. The fourth-order valence-electron chi connectivity index (χ4n) is 2.05. The van der Waals surface area contributed by atoms with Crippen LogP contribution in [0.15, 0.2) is 36.9 Å². The minimum Gasteiger partial charge on any atom is -0.348 e. The minimum absolute atomic E-state index is 0. The van der Waals surface area contributed by atoms with E-state index in [0.717, 1.165) is 11.1 Å². The number of hydrogen-bond acceptors (Lipinski definition) is 4. The molecule has 0 saturated heterocycles. The Balaban J connectivity index is 0.00000220. The van der Waals surface area contributed by atoms with E-state index in [2.05, 4.69) is 20.7 Å². The van der Waals surface area contributed by atoms with E-state index in [0.29, 0.717) is 0 Å². The van der Waals surface area contributed by atoms with Gasteiger partial charge < -0.3 is 10.6 Å². The maximum absolute atomic E-state index is 12.3. The Hall–Kier alpha value is -1.63. The number of nitrogens with zero attached hydrogens (tertiary/aromatic N) is 3. The molecule has 2 aromatic rings. The standard InChI is InChI=1S/C14H19N5O.2ClH/c1-10(11-5-4-6-16-7-11)18-14(20)13(15-2)12-8-17-19(3)9-12;;/h4-10,13,15H,1-3H3,(H,18,20);2*1H/t10-,13?;;/m0../s1. The topological polar surface area (TPSA) is 71.8 Å². The van der Waals surface area contributed by atoms with Gasteiger partial charge in [0, 0.05) is 31.2 Å². The van der Waals surface area contributed by atoms with Crippen molar-refractivity contribution in [3.05, 3.63) is 48.0 Å². The third-order valence-corrected chi connectivity index (χ3v) is 3.15. The summed E-state index contributed by atoms with van der Waals surface area (Å²) >= 11 is 0. The third-order valence-electron chi connectivity index (χ3n) is 3.15. The van der Waals surface area contributed by atoms with Gasteiger partial charge in [0.1, 0.15) is 6.04 Å². The lowest BCUT2D eigenvalue weighted by molar-refractivity contribution is -0.123. The van der Waals surface area contributed by atoms with Crippen LogP contribution in [0.5, 0.6) is 0 Å². The monoisotopic (exact) mass is 345 g/mol. The SMILES string of the molecule is CNC(C(=O)N[C@@H](C)c1cccnc1)c1cnn(C)c1.Cl.Cl. The molecule has 0 aliphatic carbocycles. The van der Waals surface area contributed by atoms with Gasteiger partial charge >= 0.3 is 0 Å². The summed E-state index contributed by atoms with van der Waals surface area (Å²) in [6.45, 7) is 1.94. The number of nitrogens with one attached hydrogen (secondary N) is 2. The molecule has 122 valence electrons. The summed E-state index contributed by atoms with van der Waals surface area (Å²) in [5.74, 6) is -0.0862. The zero-order valence-electron chi connectivity index (χ0n) is 12.7. The van der Waals surface area contributed by atoms with E-state index in [1.54, 1.807) is 30.3 Å². The highest BCUT2D eigenvalue weighted by Crippen LogP contribution is 2.15. The van der Waals surface area contributed by atoms with Gasteiger partial charge in [-0.3, -0.25) is 14.5 Å². The van der Waals surface area contributed by atoms with Gasteiger partial charge in [-0.05, 0) is 25.6 Å². The number of rotatable bonds is 5. The average molecular weight is 346 g/mol. The average Bonchev–Trinajstić information content (AvgIpc) is 2.87. The number of carbonyl (C=O) groups excluding carboxylic acids is 1. The number of hydrogen-bond donors (Lipinski definition) is 2. The molecule has 0 saturated carbocycles. The lowest BCUT2D eigenvalue weighted by atomic mass is 10.1. The molecule has 2 heterocycles. The molecule has 8 heteroatoms. The second-order valence-corrected chi connectivity index (χ2v) is 4.69. The van der Waals surface area contributed by atoms with Gasteiger partial charge in [0.15, 0.2) is 0 Å². The maximum atomic E-state index is 12.3. The van der Waals surface area contributed by atoms with Crippen molar-refractivity contribution in [2.45, 2.75) is 19.0 Å². The van der Waals surface area contributed by atoms with Gasteiger partial charge in [0.05, 0.1) is 12.2 Å². The molecule has 6 nitrogen and oxygen atoms in total. The first-order chi connectivity index (χ1) is 9.61. The van der Waals surface area contributed by atoms with Crippen molar-refractivity contribution in [2.75, 3.05) is 7.05 Å². The molecule has 0 fully saturated rings. The Morgan fingerprint density at radius 1 is 1.27 bits per heavy atom. The second-order valence-electron chi connectivity index (χ2n) is 4.69. The summed E-state index contributed by atoms with van der Waals surface area (Å²) in [5.41, 5.74) is 1.81. The Labute approximate surface area is 142 Å². The van der Waals surface area contributed by atoms with Crippen LogP contribution in [0, 0.1) is 0 Å². The molecule has 0 bridgehead atoms. The molecule has 22 heavy (non-hydrogen) atoms. The first-order valence-corrected chi connectivity index (χ1v) is 6.48. The van der Waals surface area contributed by atoms with E-state index in [1.807, 2.05) is 32.3 Å². The fraction of sp³-hybridized carbons (Fsp3) is 0.357. The van der Waals surface area contributed by atoms with Crippen molar-refractivity contribution in [3.63, 3.8) is 0 Å². The molecule has 0 radical (unpaired) electrons. The Morgan fingerprint density at radius 2 is 2.00 bits per heavy atom. The van der Waals surface area contributed by atoms with Crippen LogP contribution >= 0.6 is 24.8 Å². The predicted molar refractivity (Wildman–Crippen MR) is 90.3 cm³/mol. The van der Waals surface area contributed by atoms with Crippen LogP contribution < -0.4 is 10.6 Å². The van der Waals surface area contributed by atoms with Crippen molar-refractivity contribution in [2.24, 2.45) is 7.05 Å². The van der Waals surface area contributed by atoms with Crippen LogP contribution in [-0.2, 0) is 11.8 Å². The number of carbonyl (C=O) groups is 1. The third kappa shape index (κ3) is 4.98. The van der Waals surface area contributed by atoms with Gasteiger partial charge in [0.2, 0.25) is 5.91 Å². The number of amides is 1. The molecule has 1 unspecified atom stereocenters. The van der Waals surface area contributed by atoms with E-state index in [4.69, 9.17) is 0 Å². The minimum atomic E-state index is -0.414. The fourth-order valence-corrected chi connectivity index (χ4v) is 2.05. The summed E-state index contributed by atoms with van der Waals surface area (Å²) in [5, 5.41) is 10.1. The molecule has 2 N–H and O–H groups in total. The predicted octanol–water partition coefficient (Wildman–Crippen LogP) is 1.80. The smallest absolute Gasteiger partial charge is 0.242 e. The zero-order valence-corrected chi connectivity index (χ0v) is 14.3. The summed E-state index contributed by atoms with van der Waals surface area (Å²) in [4.78, 5) is 16.4. The van der Waals surface area contributed by atoms with Crippen molar-refractivity contribution in [1.29, 1.82) is 0 Å². The summed E-state index contributed by atoms with van der Waals surface area (Å²) in [7, 11) is 3.58. The summed E-state index contributed by atoms with van der Waals surface area (Å²) in [6, 6.07) is 3.29. The molecule has 0 aliphatic heterocycles. The van der Waals surface area contributed by atoms with Gasteiger partial charge in [0.25, 0.3) is 0 Å². The number of aryl methyl sites for hydroxylation is 1. The van der Waals surface area contributed by atoms with Crippen LogP contribution in [0.2, 0.25) is 0 Å². The Kier molecular flexibility index (Phi) is 8.70. The van der Waals surface area contributed by atoms with Gasteiger partial charge in [-0.2, -0.15) is 5.10 Å². The van der Waals surface area contributed by atoms with Crippen molar-refractivity contribution in [1.82, 2.24) is 25.4 Å². The molecule has 1 amide bonds. The van der Waals surface area contributed by atoms with E-state index in [-0.39, 0.29) is 36.8 Å². The first kappa shape index (κ1) is 20.4. The lowest BCUT2D eigenvalue weighted by Crippen LogP contribution is -2.37. The largest absolute Gasteiger partial charge is 0.348 e. The van der Waals surface area contributed by atoms with Crippen molar-refractivity contribution >= 4 is 30.7 Å². The Morgan fingerprint density at radius 3 is 2.50 bits per heavy atom. The molecule has 0 aromatic carbocycles. The van der Waals surface area contributed by atoms with Crippen LogP contribution in [-0.4, -0.2) is 27.7 Å². The second kappa shape index (κ2) is 9.40. The van der Waals surface area contributed by atoms with Gasteiger partial charge in [-0.25, -0.2) is 0 Å². The number of halogens is 2. The number of aromatic nitrogens is 3. The quantitative estimate of drug-likeness (QED) is 0.866. The molecule has 0 spiro atoms. The van der Waals surface area contributed by atoms with E-state index >= 15 is 0 Å². The van der Waals surface area contributed by atoms with Gasteiger partial charge in [-0.1, -0.05) is 6.07 Å². The Bertz CT molecular complexity index is 576. The highest BCUT2D eigenvalue weighted by Gasteiger charge is 2.21. The van der Waals surface area contributed by atoms with E-state index < -0.39 is 6.04 Å². The van der Waals surface area contributed by atoms with Crippen LogP contribution in [0.1, 0.15) is 30.1 Å². The summed E-state index contributed by atoms with van der Waals surface area (Å²) < 4.78 is 1.68. The highest BCUT2D eigenvalue weighted by molar-refractivity contribution is 5.85. The van der Waals surface area contributed by atoms with Crippen LogP contribution in [0.4, 0.5) is 0 Å². The van der Waals surface area contributed by atoms with Crippen LogP contribution in [0.3, 0.4) is 0 Å². The number of likely N-dealkylation sites (N-methyl/N-ethyl adjacent to an activating group) is 1. The summed E-state index contributed by atoms with van der Waals surface area (Å²) in [6.07, 6.45) is 6.98. The maximum Gasteiger partial charge on any atom is 0.242 e. The van der Waals surface area contributed by atoms with Crippen molar-refractivity contribution < 1.29 is 4.79 Å². The van der Waals surface area contributed by atoms with Crippen molar-refractivity contribution in [3.8, 4) is 0 Å². The normalized spacial score (nSPS) is 12.5. The highest BCUT2D eigenvalue weighted by atomic mass is 35.5. The lowest BCUT2D eigenvalue weighted by Gasteiger charge is -2.19. The molecular formula is C14H21Cl2N5O. The van der Waals surface area contributed by atoms with E-state index in [1.165, 1.54) is 0 Å².